The summed E-state index contributed by atoms with van der Waals surface area (Å²) in [6.07, 6.45) is 1.67. The number of hydrogen-bond acceptors (Lipinski definition) is 3. The summed E-state index contributed by atoms with van der Waals surface area (Å²) in [4.78, 5) is 0.169. The molecule has 1 unspecified atom stereocenters. The van der Waals surface area contributed by atoms with Crippen molar-refractivity contribution in [3.8, 4) is 0 Å². The molecule has 0 bridgehead atoms. The van der Waals surface area contributed by atoms with E-state index in [0.29, 0.717) is 13.1 Å². The summed E-state index contributed by atoms with van der Waals surface area (Å²) in [5.74, 6) is 0. The minimum absolute atomic E-state index is 0.101. The topological polar surface area (TPSA) is 63.4 Å². The zero-order valence-corrected chi connectivity index (χ0v) is 10.9. The Hall–Kier alpha value is -0.620. The first-order chi connectivity index (χ1) is 8.07. The van der Waals surface area contributed by atoms with E-state index in [4.69, 9.17) is 17.3 Å². The molecule has 1 aliphatic heterocycles. The lowest BCUT2D eigenvalue weighted by Crippen LogP contribution is -2.39. The van der Waals surface area contributed by atoms with Crippen LogP contribution in [0.15, 0.2) is 29.2 Å². The van der Waals surface area contributed by atoms with E-state index in [-0.39, 0.29) is 16.0 Å². The van der Waals surface area contributed by atoms with Crippen molar-refractivity contribution in [1.82, 2.24) is 4.31 Å². The van der Waals surface area contributed by atoms with Gasteiger partial charge in [0.1, 0.15) is 4.90 Å². The maximum Gasteiger partial charge on any atom is 0.244 e. The lowest BCUT2D eigenvalue weighted by Gasteiger charge is -2.23. The van der Waals surface area contributed by atoms with E-state index < -0.39 is 10.0 Å². The van der Waals surface area contributed by atoms with E-state index in [1.807, 2.05) is 0 Å². The van der Waals surface area contributed by atoms with Crippen LogP contribution in [0.1, 0.15) is 12.8 Å². The Morgan fingerprint density at radius 2 is 2.12 bits per heavy atom. The number of hydrogen-bond donors (Lipinski definition) is 1. The second-order valence-electron chi connectivity index (χ2n) is 4.08. The third-order valence-corrected chi connectivity index (χ3v) is 5.47. The highest BCUT2D eigenvalue weighted by atomic mass is 35.5. The van der Waals surface area contributed by atoms with Crippen LogP contribution >= 0.6 is 11.6 Å². The van der Waals surface area contributed by atoms with Crippen LogP contribution in [-0.4, -0.2) is 31.9 Å². The predicted octanol–water partition coefficient (Wildman–Crippen LogP) is 1.45. The van der Waals surface area contributed by atoms with Crippen LogP contribution in [0.5, 0.6) is 0 Å². The highest BCUT2D eigenvalue weighted by molar-refractivity contribution is 7.89. The normalized spacial score (nSPS) is 21.9. The van der Waals surface area contributed by atoms with Gasteiger partial charge in [0.2, 0.25) is 10.0 Å². The fraction of sp³-hybridized carbons (Fsp3) is 0.455. The van der Waals surface area contributed by atoms with Gasteiger partial charge in [0.25, 0.3) is 0 Å². The minimum Gasteiger partial charge on any atom is -0.329 e. The smallest absolute Gasteiger partial charge is 0.244 e. The van der Waals surface area contributed by atoms with Crippen LogP contribution in [0.2, 0.25) is 5.02 Å². The molecule has 2 rings (SSSR count). The number of nitrogens with zero attached hydrogens (tertiary/aromatic N) is 1. The summed E-state index contributed by atoms with van der Waals surface area (Å²) in [5, 5.41) is 0.259. The lowest BCUT2D eigenvalue weighted by atomic mass is 10.2. The molecule has 94 valence electrons. The molecule has 0 radical (unpaired) electrons. The maximum atomic E-state index is 12.4. The summed E-state index contributed by atoms with van der Waals surface area (Å²) in [6, 6.07) is 6.40. The van der Waals surface area contributed by atoms with Gasteiger partial charge in [0.05, 0.1) is 5.02 Å². The summed E-state index contributed by atoms with van der Waals surface area (Å²) in [7, 11) is -3.51. The van der Waals surface area contributed by atoms with Crippen molar-refractivity contribution < 1.29 is 8.42 Å². The number of halogens is 1. The molecule has 1 aromatic carbocycles. The van der Waals surface area contributed by atoms with Crippen molar-refractivity contribution in [2.45, 2.75) is 23.8 Å². The first-order valence-electron chi connectivity index (χ1n) is 5.54. The van der Waals surface area contributed by atoms with Crippen molar-refractivity contribution in [3.63, 3.8) is 0 Å². The molecule has 0 amide bonds. The van der Waals surface area contributed by atoms with Crippen LogP contribution in [0.4, 0.5) is 0 Å². The molecule has 1 atom stereocenters. The van der Waals surface area contributed by atoms with Gasteiger partial charge in [0.15, 0.2) is 0 Å². The molecule has 0 aromatic heterocycles. The number of rotatable bonds is 3. The molecule has 17 heavy (non-hydrogen) atoms. The summed E-state index contributed by atoms with van der Waals surface area (Å²) in [5.41, 5.74) is 5.60. The van der Waals surface area contributed by atoms with E-state index in [0.717, 1.165) is 12.8 Å². The van der Waals surface area contributed by atoms with Crippen molar-refractivity contribution in [3.05, 3.63) is 29.3 Å². The molecule has 1 aromatic rings. The van der Waals surface area contributed by atoms with E-state index >= 15 is 0 Å². The molecule has 0 aliphatic carbocycles. The third-order valence-electron chi connectivity index (χ3n) is 3.02. The Kier molecular flexibility index (Phi) is 3.73. The maximum absolute atomic E-state index is 12.4. The third kappa shape index (κ3) is 2.33. The number of nitrogens with two attached hydrogens (primary N) is 1. The molecule has 6 heteroatoms. The molecular formula is C11H15ClN2O2S. The Bertz CT molecular complexity index is 504. The number of sulfonamides is 1. The monoisotopic (exact) mass is 274 g/mol. The van der Waals surface area contributed by atoms with Gasteiger partial charge in [-0.1, -0.05) is 23.7 Å². The van der Waals surface area contributed by atoms with Crippen LogP contribution in [-0.2, 0) is 10.0 Å². The highest BCUT2D eigenvalue weighted by Gasteiger charge is 2.35. The van der Waals surface area contributed by atoms with Crippen LogP contribution in [0.25, 0.3) is 0 Å². The molecule has 1 saturated heterocycles. The Morgan fingerprint density at radius 1 is 1.41 bits per heavy atom. The molecule has 1 aliphatic rings. The standard InChI is InChI=1S/C11H15ClN2O2S/c12-10-5-1-2-6-11(10)17(15,16)14-7-3-4-9(14)8-13/h1-2,5-6,9H,3-4,7-8,13H2. The molecule has 4 nitrogen and oxygen atoms in total. The van der Waals surface area contributed by atoms with Gasteiger partial charge in [-0.3, -0.25) is 0 Å². The van der Waals surface area contributed by atoms with E-state index in [1.54, 1.807) is 18.2 Å². The second-order valence-corrected chi connectivity index (χ2v) is 6.34. The average molecular weight is 275 g/mol. The molecule has 1 heterocycles. The van der Waals surface area contributed by atoms with Gasteiger partial charge in [-0.05, 0) is 25.0 Å². The van der Waals surface area contributed by atoms with Crippen molar-refractivity contribution in [1.29, 1.82) is 0 Å². The highest BCUT2D eigenvalue weighted by Crippen LogP contribution is 2.29. The quantitative estimate of drug-likeness (QED) is 0.907. The molecule has 2 N–H and O–H groups in total. The zero-order valence-electron chi connectivity index (χ0n) is 9.34. The molecule has 0 saturated carbocycles. The first-order valence-corrected chi connectivity index (χ1v) is 7.35. The fourth-order valence-electron chi connectivity index (χ4n) is 2.14. The Balaban J connectivity index is 2.40. The van der Waals surface area contributed by atoms with Gasteiger partial charge >= 0.3 is 0 Å². The molecule has 0 spiro atoms. The molecule has 1 fully saturated rings. The SMILES string of the molecule is NCC1CCCN1S(=O)(=O)c1ccccc1Cl. The van der Waals surface area contributed by atoms with Crippen LogP contribution in [0, 0.1) is 0 Å². The zero-order chi connectivity index (χ0) is 12.5. The van der Waals surface area contributed by atoms with E-state index in [9.17, 15) is 8.42 Å². The largest absolute Gasteiger partial charge is 0.329 e. The molecular weight excluding hydrogens is 260 g/mol. The first kappa shape index (κ1) is 12.8. The summed E-state index contributed by atoms with van der Waals surface area (Å²) in [6.45, 7) is 0.874. The van der Waals surface area contributed by atoms with Crippen LogP contribution in [0.3, 0.4) is 0 Å². The Labute approximate surface area is 106 Å². The van der Waals surface area contributed by atoms with Crippen molar-refractivity contribution >= 4 is 21.6 Å². The number of benzene rings is 1. The minimum atomic E-state index is -3.51. The van der Waals surface area contributed by atoms with E-state index in [1.165, 1.54) is 10.4 Å². The van der Waals surface area contributed by atoms with Crippen molar-refractivity contribution in [2.75, 3.05) is 13.1 Å². The predicted molar refractivity (Wildman–Crippen MR) is 67.4 cm³/mol. The lowest BCUT2D eigenvalue weighted by molar-refractivity contribution is 0.393. The van der Waals surface area contributed by atoms with E-state index in [2.05, 4.69) is 0 Å². The fourth-order valence-corrected chi connectivity index (χ4v) is 4.34. The van der Waals surface area contributed by atoms with Gasteiger partial charge in [0, 0.05) is 19.1 Å². The average Bonchev–Trinajstić information content (AvgIpc) is 2.78. The van der Waals surface area contributed by atoms with Crippen molar-refractivity contribution in [2.24, 2.45) is 5.73 Å². The summed E-state index contributed by atoms with van der Waals surface area (Å²) < 4.78 is 26.3. The van der Waals surface area contributed by atoms with Crippen LogP contribution < -0.4 is 5.73 Å². The van der Waals surface area contributed by atoms with Gasteiger partial charge < -0.3 is 5.73 Å². The Morgan fingerprint density at radius 3 is 2.76 bits per heavy atom. The van der Waals surface area contributed by atoms with Gasteiger partial charge in [-0.2, -0.15) is 4.31 Å². The second kappa shape index (κ2) is 4.94. The summed E-state index contributed by atoms with van der Waals surface area (Å²) >= 11 is 5.94. The van der Waals surface area contributed by atoms with Gasteiger partial charge in [-0.15, -0.1) is 0 Å². The van der Waals surface area contributed by atoms with Gasteiger partial charge in [-0.25, -0.2) is 8.42 Å².